The van der Waals surface area contributed by atoms with Crippen molar-refractivity contribution in [1.82, 2.24) is 9.78 Å². The molecule has 0 saturated carbocycles. The molecule has 0 aliphatic rings. The van der Waals surface area contributed by atoms with Crippen LogP contribution in [0.1, 0.15) is 18.5 Å². The first-order valence-corrected chi connectivity index (χ1v) is 4.73. The Kier molecular flexibility index (Phi) is 2.51. The van der Waals surface area contributed by atoms with Gasteiger partial charge in [-0.25, -0.2) is 9.07 Å². The summed E-state index contributed by atoms with van der Waals surface area (Å²) >= 11 is 0. The number of halogens is 1. The fraction of sp³-hybridized carbons (Fsp3) is 0.182. The summed E-state index contributed by atoms with van der Waals surface area (Å²) in [6, 6.07) is 7.57. The number of nitrogens with two attached hydrogens (primary N) is 1. The van der Waals surface area contributed by atoms with Gasteiger partial charge in [0, 0.05) is 6.04 Å². The van der Waals surface area contributed by atoms with Crippen LogP contribution in [0.15, 0.2) is 36.7 Å². The highest BCUT2D eigenvalue weighted by Gasteiger charge is 2.02. The monoisotopic (exact) mass is 205 g/mol. The van der Waals surface area contributed by atoms with Gasteiger partial charge in [0.25, 0.3) is 0 Å². The van der Waals surface area contributed by atoms with E-state index in [4.69, 9.17) is 5.73 Å². The number of hydrogen-bond donors (Lipinski definition) is 1. The molecule has 15 heavy (non-hydrogen) atoms. The third kappa shape index (κ3) is 2.05. The van der Waals surface area contributed by atoms with Crippen LogP contribution in [0.4, 0.5) is 4.39 Å². The van der Waals surface area contributed by atoms with Crippen molar-refractivity contribution in [2.75, 3.05) is 0 Å². The zero-order valence-electron chi connectivity index (χ0n) is 8.39. The first-order valence-electron chi connectivity index (χ1n) is 4.73. The highest BCUT2D eigenvalue weighted by Crippen LogP contribution is 2.13. The molecule has 1 aromatic heterocycles. The van der Waals surface area contributed by atoms with Crippen LogP contribution < -0.4 is 5.73 Å². The lowest BCUT2D eigenvalue weighted by Crippen LogP contribution is -2.05. The number of hydrogen-bond acceptors (Lipinski definition) is 2. The van der Waals surface area contributed by atoms with Crippen LogP contribution in [0.2, 0.25) is 0 Å². The molecule has 0 saturated heterocycles. The van der Waals surface area contributed by atoms with E-state index in [1.165, 1.54) is 17.1 Å². The Labute approximate surface area is 87.3 Å². The van der Waals surface area contributed by atoms with E-state index in [0.29, 0.717) is 0 Å². The summed E-state index contributed by atoms with van der Waals surface area (Å²) in [6.45, 7) is 1.92. The topological polar surface area (TPSA) is 43.8 Å². The molecule has 0 bridgehead atoms. The maximum absolute atomic E-state index is 12.7. The van der Waals surface area contributed by atoms with Gasteiger partial charge in [-0.2, -0.15) is 5.10 Å². The SMILES string of the molecule is C[C@H](N)c1ccc(-n2cc(F)cn2)cc1. The van der Waals surface area contributed by atoms with E-state index in [-0.39, 0.29) is 11.9 Å². The Balaban J connectivity index is 2.31. The molecular formula is C11H12FN3. The lowest BCUT2D eigenvalue weighted by atomic mass is 10.1. The third-order valence-corrected chi connectivity index (χ3v) is 2.23. The van der Waals surface area contributed by atoms with E-state index in [1.54, 1.807) is 0 Å². The van der Waals surface area contributed by atoms with E-state index in [2.05, 4.69) is 5.10 Å². The molecule has 0 aliphatic carbocycles. The van der Waals surface area contributed by atoms with Gasteiger partial charge < -0.3 is 5.73 Å². The van der Waals surface area contributed by atoms with Gasteiger partial charge >= 0.3 is 0 Å². The fourth-order valence-corrected chi connectivity index (χ4v) is 1.37. The third-order valence-electron chi connectivity index (χ3n) is 2.23. The lowest BCUT2D eigenvalue weighted by molar-refractivity contribution is 0.627. The van der Waals surface area contributed by atoms with Gasteiger partial charge in [-0.15, -0.1) is 0 Å². The minimum absolute atomic E-state index is 0.00778. The summed E-state index contributed by atoms with van der Waals surface area (Å²) in [4.78, 5) is 0. The van der Waals surface area contributed by atoms with Crippen molar-refractivity contribution in [3.8, 4) is 5.69 Å². The second-order valence-electron chi connectivity index (χ2n) is 3.48. The van der Waals surface area contributed by atoms with E-state index in [0.717, 1.165) is 11.3 Å². The molecule has 0 fully saturated rings. The highest BCUT2D eigenvalue weighted by molar-refractivity contribution is 5.34. The van der Waals surface area contributed by atoms with Crippen molar-refractivity contribution in [3.05, 3.63) is 48.0 Å². The largest absolute Gasteiger partial charge is 0.324 e. The minimum atomic E-state index is -0.341. The Bertz CT molecular complexity index is 445. The summed E-state index contributed by atoms with van der Waals surface area (Å²) in [5.74, 6) is -0.341. The molecule has 1 aromatic carbocycles. The first kappa shape index (κ1) is 9.86. The average molecular weight is 205 g/mol. The number of rotatable bonds is 2. The number of aromatic nitrogens is 2. The lowest BCUT2D eigenvalue weighted by Gasteiger charge is -2.06. The van der Waals surface area contributed by atoms with Crippen LogP contribution >= 0.6 is 0 Å². The van der Waals surface area contributed by atoms with Crippen LogP contribution in [0.25, 0.3) is 5.69 Å². The molecule has 2 N–H and O–H groups in total. The Morgan fingerprint density at radius 1 is 1.33 bits per heavy atom. The van der Waals surface area contributed by atoms with Crippen molar-refractivity contribution in [1.29, 1.82) is 0 Å². The molecule has 0 radical (unpaired) electrons. The molecule has 1 atom stereocenters. The van der Waals surface area contributed by atoms with Gasteiger partial charge in [0.1, 0.15) is 0 Å². The molecule has 0 spiro atoms. The molecular weight excluding hydrogens is 193 g/mol. The maximum Gasteiger partial charge on any atom is 0.161 e. The number of benzene rings is 1. The fourth-order valence-electron chi connectivity index (χ4n) is 1.37. The molecule has 4 heteroatoms. The van der Waals surface area contributed by atoms with Crippen LogP contribution in [0.5, 0.6) is 0 Å². The molecule has 2 aromatic rings. The van der Waals surface area contributed by atoms with E-state index in [1.807, 2.05) is 31.2 Å². The smallest absolute Gasteiger partial charge is 0.161 e. The molecule has 0 unspecified atom stereocenters. The van der Waals surface area contributed by atoms with Gasteiger partial charge in [0.15, 0.2) is 5.82 Å². The average Bonchev–Trinajstić information content (AvgIpc) is 2.65. The zero-order chi connectivity index (χ0) is 10.8. The van der Waals surface area contributed by atoms with Gasteiger partial charge in [-0.05, 0) is 24.6 Å². The molecule has 78 valence electrons. The second-order valence-corrected chi connectivity index (χ2v) is 3.48. The summed E-state index contributed by atoms with van der Waals surface area (Å²) < 4.78 is 14.2. The summed E-state index contributed by atoms with van der Waals surface area (Å²) in [5.41, 5.74) is 7.59. The second kappa shape index (κ2) is 3.82. The molecule has 0 amide bonds. The first-order chi connectivity index (χ1) is 7.16. The zero-order valence-corrected chi connectivity index (χ0v) is 8.39. The Hall–Kier alpha value is -1.68. The minimum Gasteiger partial charge on any atom is -0.324 e. The van der Waals surface area contributed by atoms with Gasteiger partial charge in [0.05, 0.1) is 18.1 Å². The Morgan fingerprint density at radius 3 is 2.47 bits per heavy atom. The quantitative estimate of drug-likeness (QED) is 0.815. The standard InChI is InChI=1S/C11H12FN3/c1-8(13)9-2-4-11(5-3-9)15-7-10(12)6-14-15/h2-8H,13H2,1H3/t8-/m0/s1. The van der Waals surface area contributed by atoms with Gasteiger partial charge in [-0.3, -0.25) is 0 Å². The summed E-state index contributed by atoms with van der Waals surface area (Å²) in [5, 5.41) is 3.87. The van der Waals surface area contributed by atoms with Gasteiger partial charge in [-0.1, -0.05) is 12.1 Å². The normalized spacial score (nSPS) is 12.7. The van der Waals surface area contributed by atoms with E-state index >= 15 is 0 Å². The van der Waals surface area contributed by atoms with Crippen molar-refractivity contribution in [3.63, 3.8) is 0 Å². The molecule has 0 aliphatic heterocycles. The van der Waals surface area contributed by atoms with E-state index in [9.17, 15) is 4.39 Å². The Morgan fingerprint density at radius 2 is 2.00 bits per heavy atom. The number of nitrogens with zero attached hydrogens (tertiary/aromatic N) is 2. The van der Waals surface area contributed by atoms with Crippen LogP contribution in [-0.4, -0.2) is 9.78 Å². The molecule has 2 rings (SSSR count). The predicted octanol–water partition coefficient (Wildman–Crippen LogP) is 2.03. The van der Waals surface area contributed by atoms with Crippen molar-refractivity contribution < 1.29 is 4.39 Å². The van der Waals surface area contributed by atoms with Crippen molar-refractivity contribution >= 4 is 0 Å². The summed E-state index contributed by atoms with van der Waals surface area (Å²) in [7, 11) is 0. The van der Waals surface area contributed by atoms with Crippen molar-refractivity contribution in [2.45, 2.75) is 13.0 Å². The maximum atomic E-state index is 12.7. The van der Waals surface area contributed by atoms with Crippen molar-refractivity contribution in [2.24, 2.45) is 5.73 Å². The summed E-state index contributed by atoms with van der Waals surface area (Å²) in [6.07, 6.45) is 2.51. The van der Waals surface area contributed by atoms with Crippen LogP contribution in [0, 0.1) is 5.82 Å². The molecule has 1 heterocycles. The molecule has 3 nitrogen and oxygen atoms in total. The van der Waals surface area contributed by atoms with Crippen LogP contribution in [-0.2, 0) is 0 Å². The van der Waals surface area contributed by atoms with Crippen LogP contribution in [0.3, 0.4) is 0 Å². The highest BCUT2D eigenvalue weighted by atomic mass is 19.1. The predicted molar refractivity (Wildman–Crippen MR) is 56.1 cm³/mol. The van der Waals surface area contributed by atoms with E-state index < -0.39 is 0 Å². The van der Waals surface area contributed by atoms with Gasteiger partial charge in [0.2, 0.25) is 0 Å².